The number of hydrogen-bond donors (Lipinski definition) is 1. The van der Waals surface area contributed by atoms with Crippen LogP contribution in [0.4, 0.5) is 4.39 Å². The molecular formula is C17H14ClFO2. The Morgan fingerprint density at radius 3 is 2.29 bits per heavy atom. The molecule has 2 nitrogen and oxygen atoms in total. The monoisotopic (exact) mass is 304 g/mol. The van der Waals surface area contributed by atoms with Crippen molar-refractivity contribution >= 4 is 23.1 Å². The average molecular weight is 305 g/mol. The Morgan fingerprint density at radius 1 is 1.10 bits per heavy atom. The van der Waals surface area contributed by atoms with E-state index < -0.39 is 5.97 Å². The second kappa shape index (κ2) is 7.04. The Hall–Kier alpha value is -2.13. The lowest BCUT2D eigenvalue weighted by atomic mass is 9.98. The van der Waals surface area contributed by atoms with Gasteiger partial charge in [0.1, 0.15) is 5.82 Å². The highest BCUT2D eigenvalue weighted by atomic mass is 35.5. The third-order valence-electron chi connectivity index (χ3n) is 3.11. The molecule has 0 spiro atoms. The molecule has 0 bridgehead atoms. The first kappa shape index (κ1) is 15.3. The van der Waals surface area contributed by atoms with Gasteiger partial charge in [-0.05, 0) is 53.8 Å². The molecule has 0 aromatic heterocycles. The largest absolute Gasteiger partial charge is 0.478 e. The summed E-state index contributed by atoms with van der Waals surface area (Å²) in [7, 11) is 0. The highest BCUT2D eigenvalue weighted by Gasteiger charge is 2.06. The van der Waals surface area contributed by atoms with Crippen molar-refractivity contribution in [2.24, 2.45) is 0 Å². The van der Waals surface area contributed by atoms with Crippen LogP contribution in [-0.4, -0.2) is 11.1 Å². The quantitative estimate of drug-likeness (QED) is 0.821. The minimum absolute atomic E-state index is 0.342. The summed E-state index contributed by atoms with van der Waals surface area (Å²) in [6.45, 7) is 0. The fourth-order valence-electron chi connectivity index (χ4n) is 2.04. The van der Waals surface area contributed by atoms with E-state index in [2.05, 4.69) is 0 Å². The van der Waals surface area contributed by atoms with E-state index in [9.17, 15) is 9.18 Å². The maximum Gasteiger partial charge on any atom is 0.328 e. The SMILES string of the molecule is O=C(O)/C=C(\CCc1ccc(Cl)cc1)c1ccc(F)cc1. The molecular weight excluding hydrogens is 291 g/mol. The van der Waals surface area contributed by atoms with Gasteiger partial charge in [-0.2, -0.15) is 0 Å². The van der Waals surface area contributed by atoms with E-state index in [4.69, 9.17) is 16.7 Å². The van der Waals surface area contributed by atoms with Gasteiger partial charge in [-0.1, -0.05) is 35.9 Å². The minimum atomic E-state index is -1.01. The number of carboxylic acids is 1. The summed E-state index contributed by atoms with van der Waals surface area (Å²) in [5.41, 5.74) is 2.45. The molecule has 2 aromatic carbocycles. The van der Waals surface area contributed by atoms with Gasteiger partial charge < -0.3 is 5.11 Å². The Labute approximate surface area is 127 Å². The van der Waals surface area contributed by atoms with Crippen LogP contribution >= 0.6 is 11.6 Å². The van der Waals surface area contributed by atoms with Crippen LogP contribution in [0.2, 0.25) is 5.02 Å². The first-order valence-electron chi connectivity index (χ1n) is 6.48. The molecule has 2 aromatic rings. The van der Waals surface area contributed by atoms with Gasteiger partial charge in [0.25, 0.3) is 0 Å². The second-order valence-corrected chi connectivity index (χ2v) is 5.08. The summed E-state index contributed by atoms with van der Waals surface area (Å²) in [4.78, 5) is 10.9. The average Bonchev–Trinajstić information content (AvgIpc) is 2.46. The fourth-order valence-corrected chi connectivity index (χ4v) is 2.17. The van der Waals surface area contributed by atoms with Crippen molar-refractivity contribution in [2.45, 2.75) is 12.8 Å². The summed E-state index contributed by atoms with van der Waals surface area (Å²) in [5.74, 6) is -1.35. The van der Waals surface area contributed by atoms with E-state index in [-0.39, 0.29) is 5.82 Å². The van der Waals surface area contributed by atoms with Crippen LogP contribution in [0.3, 0.4) is 0 Å². The number of benzene rings is 2. The van der Waals surface area contributed by atoms with Crippen molar-refractivity contribution in [3.05, 3.63) is 76.6 Å². The predicted octanol–water partition coefficient (Wildman–Crippen LogP) is 4.58. The summed E-state index contributed by atoms with van der Waals surface area (Å²) < 4.78 is 13.0. The Kier molecular flexibility index (Phi) is 5.12. The maximum atomic E-state index is 13.0. The predicted molar refractivity (Wildman–Crippen MR) is 81.8 cm³/mol. The van der Waals surface area contributed by atoms with Crippen molar-refractivity contribution in [3.8, 4) is 0 Å². The van der Waals surface area contributed by atoms with Gasteiger partial charge in [0.2, 0.25) is 0 Å². The first-order valence-corrected chi connectivity index (χ1v) is 6.86. The van der Waals surface area contributed by atoms with Crippen molar-refractivity contribution in [3.63, 3.8) is 0 Å². The molecule has 0 saturated carbocycles. The van der Waals surface area contributed by atoms with Crippen molar-refractivity contribution < 1.29 is 14.3 Å². The molecule has 0 unspecified atom stereocenters. The summed E-state index contributed by atoms with van der Waals surface area (Å²) in [6.07, 6.45) is 2.41. The number of allylic oxidation sites excluding steroid dienone is 1. The van der Waals surface area contributed by atoms with Gasteiger partial charge in [-0.15, -0.1) is 0 Å². The summed E-state index contributed by atoms with van der Waals surface area (Å²) in [5, 5.41) is 9.63. The summed E-state index contributed by atoms with van der Waals surface area (Å²) in [6, 6.07) is 13.3. The smallest absolute Gasteiger partial charge is 0.328 e. The molecule has 0 fully saturated rings. The third-order valence-corrected chi connectivity index (χ3v) is 3.36. The molecule has 2 rings (SSSR count). The number of carbonyl (C=O) groups is 1. The van der Waals surface area contributed by atoms with Gasteiger partial charge in [0.05, 0.1) is 0 Å². The first-order chi connectivity index (χ1) is 10.0. The van der Waals surface area contributed by atoms with Crippen LogP contribution in [0.25, 0.3) is 5.57 Å². The molecule has 108 valence electrons. The highest BCUT2D eigenvalue weighted by molar-refractivity contribution is 6.30. The molecule has 0 atom stereocenters. The number of halogens is 2. The highest BCUT2D eigenvalue weighted by Crippen LogP contribution is 2.21. The van der Waals surface area contributed by atoms with Gasteiger partial charge in [-0.25, -0.2) is 9.18 Å². The molecule has 1 N–H and O–H groups in total. The molecule has 0 aliphatic heterocycles. The normalized spacial score (nSPS) is 11.4. The molecule has 0 saturated heterocycles. The molecule has 0 aliphatic rings. The minimum Gasteiger partial charge on any atom is -0.478 e. The maximum absolute atomic E-state index is 13.0. The number of hydrogen-bond acceptors (Lipinski definition) is 1. The fraction of sp³-hybridized carbons (Fsp3) is 0.118. The van der Waals surface area contributed by atoms with Gasteiger partial charge in [-0.3, -0.25) is 0 Å². The lowest BCUT2D eigenvalue weighted by Gasteiger charge is -2.08. The van der Waals surface area contributed by atoms with E-state index in [1.165, 1.54) is 18.2 Å². The van der Waals surface area contributed by atoms with Gasteiger partial charge in [0.15, 0.2) is 0 Å². The zero-order valence-corrected chi connectivity index (χ0v) is 12.0. The van der Waals surface area contributed by atoms with E-state index >= 15 is 0 Å². The van der Waals surface area contributed by atoms with E-state index in [0.717, 1.165) is 5.56 Å². The van der Waals surface area contributed by atoms with Crippen LogP contribution in [-0.2, 0) is 11.2 Å². The number of carboxylic acid groups (broad SMARTS) is 1. The number of aryl methyl sites for hydroxylation is 1. The van der Waals surface area contributed by atoms with Crippen molar-refractivity contribution in [1.82, 2.24) is 0 Å². The summed E-state index contributed by atoms with van der Waals surface area (Å²) >= 11 is 5.83. The second-order valence-electron chi connectivity index (χ2n) is 4.64. The third kappa shape index (κ3) is 4.72. The van der Waals surface area contributed by atoms with Gasteiger partial charge >= 0.3 is 5.97 Å². The Bertz CT molecular complexity index is 645. The Balaban J connectivity index is 2.15. The molecule has 0 aliphatic carbocycles. The standard InChI is InChI=1S/C17H14ClFO2/c18-15-7-2-12(3-8-15)1-4-14(11-17(20)21)13-5-9-16(19)10-6-13/h2-3,5-11H,1,4H2,(H,20,21)/b14-11+. The van der Waals surface area contributed by atoms with Crippen LogP contribution in [0.5, 0.6) is 0 Å². The van der Waals surface area contributed by atoms with E-state index in [1.807, 2.05) is 12.1 Å². The number of rotatable bonds is 5. The van der Waals surface area contributed by atoms with E-state index in [0.29, 0.717) is 29.0 Å². The molecule has 4 heteroatoms. The van der Waals surface area contributed by atoms with Crippen LogP contribution < -0.4 is 0 Å². The lowest BCUT2D eigenvalue weighted by Crippen LogP contribution is -1.95. The van der Waals surface area contributed by atoms with Gasteiger partial charge in [0, 0.05) is 11.1 Å². The number of aliphatic carboxylic acids is 1. The molecule has 21 heavy (non-hydrogen) atoms. The van der Waals surface area contributed by atoms with Crippen LogP contribution in [0.1, 0.15) is 17.5 Å². The molecule has 0 heterocycles. The van der Waals surface area contributed by atoms with Crippen LogP contribution in [0, 0.1) is 5.82 Å². The topological polar surface area (TPSA) is 37.3 Å². The zero-order chi connectivity index (χ0) is 15.2. The zero-order valence-electron chi connectivity index (χ0n) is 11.2. The van der Waals surface area contributed by atoms with E-state index in [1.54, 1.807) is 24.3 Å². The van der Waals surface area contributed by atoms with Crippen molar-refractivity contribution in [2.75, 3.05) is 0 Å². The molecule has 0 radical (unpaired) electrons. The Morgan fingerprint density at radius 2 is 1.71 bits per heavy atom. The van der Waals surface area contributed by atoms with Crippen LogP contribution in [0.15, 0.2) is 54.6 Å². The van der Waals surface area contributed by atoms with Crippen molar-refractivity contribution in [1.29, 1.82) is 0 Å². The lowest BCUT2D eigenvalue weighted by molar-refractivity contribution is -0.131. The molecule has 0 amide bonds.